The van der Waals surface area contributed by atoms with Crippen LogP contribution in [-0.4, -0.2) is 170 Å². The number of nitrogens with two attached hydrogens (primary N) is 4. The number of nitrogens with one attached hydrogen (secondary N) is 10. The summed E-state index contributed by atoms with van der Waals surface area (Å²) in [6.45, 7) is 2.05. The highest BCUT2D eigenvalue weighted by molar-refractivity contribution is 8.76. The van der Waals surface area contributed by atoms with E-state index >= 15 is 0 Å². The maximum absolute atomic E-state index is 14.7. The van der Waals surface area contributed by atoms with Gasteiger partial charge in [0.15, 0.2) is 17.7 Å². The molecule has 4 heterocycles. The normalized spacial score (nSPS) is 22.9. The molecule has 10 amide bonds. The first-order chi connectivity index (χ1) is 38.8. The number of aromatic nitrogens is 3. The zero-order chi connectivity index (χ0) is 58.6. The first-order valence-corrected chi connectivity index (χ1v) is 28.4. The van der Waals surface area contributed by atoms with E-state index in [1.807, 2.05) is 24.3 Å². The quantitative estimate of drug-likeness (QED) is 0.0159. The molecule has 0 bridgehead atoms. The smallest absolute Gasteiger partial charge is 0.325 e. The van der Waals surface area contributed by atoms with Gasteiger partial charge < -0.3 is 75.4 Å². The Morgan fingerprint density at radius 2 is 1.23 bits per heavy atom. The molecule has 2 aliphatic heterocycles. The Labute approximate surface area is 473 Å². The average Bonchev–Trinajstić information content (AvgIpc) is 4.33. The Balaban J connectivity index is 1.33. The van der Waals surface area contributed by atoms with Gasteiger partial charge in [0.2, 0.25) is 41.4 Å². The van der Waals surface area contributed by atoms with Gasteiger partial charge in [-0.1, -0.05) is 70.1 Å². The van der Waals surface area contributed by atoms with Crippen molar-refractivity contribution in [3.63, 3.8) is 0 Å². The summed E-state index contributed by atoms with van der Waals surface area (Å²) in [7, 11) is 2.06. The van der Waals surface area contributed by atoms with Crippen LogP contribution in [0.1, 0.15) is 56.4 Å². The van der Waals surface area contributed by atoms with E-state index in [0.29, 0.717) is 28.1 Å². The lowest BCUT2D eigenvalue weighted by Gasteiger charge is -2.27. The highest BCUT2D eigenvalue weighted by Gasteiger charge is 2.40. The van der Waals surface area contributed by atoms with Crippen LogP contribution in [0.25, 0.3) is 10.9 Å². The number of guanidine groups is 2. The minimum absolute atomic E-state index is 0.0513. The minimum Gasteiger partial charge on any atom is -0.370 e. The summed E-state index contributed by atoms with van der Waals surface area (Å²) >= 11 is 0. The third-order valence-electron chi connectivity index (χ3n) is 13.0. The van der Waals surface area contributed by atoms with Crippen LogP contribution >= 0.6 is 21.6 Å². The molecular weight excluding hydrogens is 1090 g/mol. The fourth-order valence-corrected chi connectivity index (χ4v) is 11.0. The summed E-state index contributed by atoms with van der Waals surface area (Å²) in [5.41, 5.74) is 24.3. The number of aliphatic imine (C=N–C) groups is 2. The van der Waals surface area contributed by atoms with Crippen LogP contribution in [0.2, 0.25) is 0 Å². The molecular formula is C51H68N18O10S2. The number of carbonyl (C=O) groups excluding carboxylic acids is 10. The number of ketones is 1. The van der Waals surface area contributed by atoms with E-state index in [9.17, 15) is 47.9 Å². The van der Waals surface area contributed by atoms with E-state index < -0.39 is 114 Å². The number of hydrogen-bond acceptors (Lipinski definition) is 15. The number of H-pyrrole nitrogens is 2. The molecule has 0 radical (unpaired) electrons. The Bertz CT molecular complexity index is 2950. The predicted octanol–water partition coefficient (Wildman–Crippen LogP) is -2.66. The Kier molecular flexibility index (Phi) is 22.8. The standard InChI is InChI=1S/C51H68N18O10S2/c1-27-42(72)64-38(20-31-22-56-26-60-31)46(76)65-36(18-29-10-4-3-5-11-29)44(74)63-34(14-8-16-57-49(52)53)43(73)66-37(19-30-21-59-33-13-7-6-12-32(30)33)45(75)67-39(28(2)70)24-80-81-25-40(47(77)61-27)62-41(71)23-69-48(78)35(68-51(69)79)15-9-17-58-50(54)55/h3-7,10-13,21-22,26-27,34-40,59H,8-9,14-20,23-25H2,1-2H3,(H,56,60)(H,61,77)(H,62,71)(H,63,74)(H,64,72)(H,65,76)(H,66,73)(H,67,75)(H,68,79)(H4,52,53,57)(H4,54,55,58)/t27-,34+,35+,36-,37+,38+,39+,40+/m1/s1. The second-order valence-corrected chi connectivity index (χ2v) is 21.7. The zero-order valence-corrected chi connectivity index (χ0v) is 46.2. The summed E-state index contributed by atoms with van der Waals surface area (Å²) in [4.78, 5) is 158. The summed E-state index contributed by atoms with van der Waals surface area (Å²) in [6.07, 6.45) is 4.73. The van der Waals surface area contributed by atoms with Crippen molar-refractivity contribution in [2.24, 2.45) is 32.9 Å². The highest BCUT2D eigenvalue weighted by Crippen LogP contribution is 2.25. The van der Waals surface area contributed by atoms with E-state index in [2.05, 4.69) is 67.5 Å². The Morgan fingerprint density at radius 1 is 0.654 bits per heavy atom. The molecule has 2 aromatic carbocycles. The molecule has 4 aromatic rings. The molecule has 2 fully saturated rings. The van der Waals surface area contributed by atoms with Gasteiger partial charge in [-0.05, 0) is 56.7 Å². The third-order valence-corrected chi connectivity index (χ3v) is 15.4. The van der Waals surface area contributed by atoms with Crippen molar-refractivity contribution in [1.29, 1.82) is 0 Å². The van der Waals surface area contributed by atoms with Gasteiger partial charge in [0.25, 0.3) is 5.91 Å². The summed E-state index contributed by atoms with van der Waals surface area (Å²) in [5.74, 6) is -7.68. The molecule has 18 N–H and O–H groups in total. The number of Topliss-reactive ketones (excluding diaryl/α,β-unsaturated/α-hetero) is 1. The molecule has 8 atom stereocenters. The van der Waals surface area contributed by atoms with Crippen LogP contribution < -0.4 is 65.5 Å². The Morgan fingerprint density at radius 3 is 1.89 bits per heavy atom. The molecule has 0 spiro atoms. The number of hydrogen-bond donors (Lipinski definition) is 14. The summed E-state index contributed by atoms with van der Waals surface area (Å²) < 4.78 is 0. The van der Waals surface area contributed by atoms with Crippen molar-refractivity contribution >= 4 is 103 Å². The number of aromatic amines is 2. The molecule has 434 valence electrons. The van der Waals surface area contributed by atoms with Gasteiger partial charge in [0.1, 0.15) is 48.8 Å². The molecule has 81 heavy (non-hydrogen) atoms. The molecule has 2 aliphatic rings. The van der Waals surface area contributed by atoms with Gasteiger partial charge in [0, 0.05) is 72.8 Å². The first kappa shape index (κ1) is 61.5. The SMILES string of the molecule is CC(=O)[C@@H]1CSSC[C@H](NC(=O)CN2C(=O)N[C@@H](CCCN=C(N)N)C2=O)C(=O)N[C@H](C)C(=O)N[C@@H](Cc2cnc[nH]2)C(=O)N[C@H](Cc2ccccc2)C(=O)N[C@@H](CCCN=C(N)N)C(=O)N[C@@H](Cc2c[nH]c3ccccc23)C(=O)N1. The van der Waals surface area contributed by atoms with Crippen LogP contribution in [-0.2, 0) is 62.4 Å². The largest absolute Gasteiger partial charge is 0.370 e. The van der Waals surface area contributed by atoms with Crippen molar-refractivity contribution < 1.29 is 47.9 Å². The number of urea groups is 1. The molecule has 2 saturated heterocycles. The zero-order valence-electron chi connectivity index (χ0n) is 44.5. The number of para-hydroxylation sites is 1. The van der Waals surface area contributed by atoms with Crippen LogP contribution in [0, 0.1) is 0 Å². The van der Waals surface area contributed by atoms with Crippen molar-refractivity contribution in [2.45, 2.75) is 107 Å². The fraction of sp³-hybridized carbons (Fsp3) is 0.431. The van der Waals surface area contributed by atoms with E-state index in [-0.39, 0.29) is 75.0 Å². The van der Waals surface area contributed by atoms with Crippen molar-refractivity contribution in [2.75, 3.05) is 31.1 Å². The average molecular weight is 1160 g/mol. The van der Waals surface area contributed by atoms with Gasteiger partial charge in [-0.2, -0.15) is 0 Å². The number of imide groups is 1. The monoisotopic (exact) mass is 1160 g/mol. The number of amides is 10. The molecule has 6 rings (SSSR count). The van der Waals surface area contributed by atoms with E-state index in [4.69, 9.17) is 22.9 Å². The summed E-state index contributed by atoms with van der Waals surface area (Å²) in [5, 5.41) is 22.1. The van der Waals surface area contributed by atoms with Gasteiger partial charge >= 0.3 is 6.03 Å². The number of fused-ring (bicyclic) bond motifs is 1. The molecule has 30 heteroatoms. The second-order valence-electron chi connectivity index (χ2n) is 19.2. The molecule has 2 aromatic heterocycles. The second kappa shape index (κ2) is 30.1. The minimum atomic E-state index is -1.45. The van der Waals surface area contributed by atoms with Gasteiger partial charge in [0.05, 0.1) is 12.4 Å². The van der Waals surface area contributed by atoms with E-state index in [1.54, 1.807) is 36.5 Å². The van der Waals surface area contributed by atoms with Gasteiger partial charge in [-0.3, -0.25) is 58.0 Å². The molecule has 0 aliphatic carbocycles. The summed E-state index contributed by atoms with van der Waals surface area (Å²) in [6, 6.07) is 4.66. The van der Waals surface area contributed by atoms with Gasteiger partial charge in [-0.15, -0.1) is 0 Å². The van der Waals surface area contributed by atoms with Crippen molar-refractivity contribution in [1.82, 2.24) is 62.4 Å². The number of imidazole rings is 1. The number of benzene rings is 2. The van der Waals surface area contributed by atoms with E-state index in [0.717, 1.165) is 32.5 Å². The third kappa shape index (κ3) is 18.7. The predicted molar refractivity (Wildman–Crippen MR) is 303 cm³/mol. The molecule has 28 nitrogen and oxygen atoms in total. The lowest BCUT2D eigenvalue weighted by molar-refractivity contribution is -0.135. The lowest BCUT2D eigenvalue weighted by Crippen LogP contribution is -2.60. The number of carbonyl (C=O) groups is 10. The molecule has 0 unspecified atom stereocenters. The maximum atomic E-state index is 14.7. The lowest BCUT2D eigenvalue weighted by atomic mass is 10.0. The van der Waals surface area contributed by atoms with Crippen molar-refractivity contribution in [3.8, 4) is 0 Å². The van der Waals surface area contributed by atoms with Crippen LogP contribution in [0.15, 0.2) is 83.3 Å². The van der Waals surface area contributed by atoms with Crippen LogP contribution in [0.4, 0.5) is 4.79 Å². The maximum Gasteiger partial charge on any atom is 0.325 e. The fourth-order valence-electron chi connectivity index (χ4n) is 8.64. The Hall–Kier alpha value is -8.67. The number of rotatable bonds is 18. The highest BCUT2D eigenvalue weighted by atomic mass is 33.1. The van der Waals surface area contributed by atoms with E-state index in [1.165, 1.54) is 26.4 Å². The molecule has 0 saturated carbocycles. The van der Waals surface area contributed by atoms with Crippen LogP contribution in [0.5, 0.6) is 0 Å². The van der Waals surface area contributed by atoms with Crippen LogP contribution in [0.3, 0.4) is 0 Å². The number of nitrogens with zero attached hydrogens (tertiary/aromatic N) is 4. The first-order valence-electron chi connectivity index (χ1n) is 25.9. The van der Waals surface area contributed by atoms with Crippen molar-refractivity contribution in [3.05, 3.63) is 90.1 Å². The topological polar surface area (TPSA) is 443 Å². The van der Waals surface area contributed by atoms with Gasteiger partial charge in [-0.25, -0.2) is 9.78 Å².